The number of hydrogen-bond acceptors (Lipinski definition) is 3. The molecule has 0 atom stereocenters. The van der Waals surface area contributed by atoms with E-state index in [4.69, 9.17) is 10.7 Å². The topological polar surface area (TPSA) is 94.4 Å². The van der Waals surface area contributed by atoms with Gasteiger partial charge in [0.25, 0.3) is 0 Å². The maximum atomic E-state index is 13.8. The predicted octanol–water partition coefficient (Wildman–Crippen LogP) is 4.64. The molecule has 0 spiro atoms. The highest BCUT2D eigenvalue weighted by molar-refractivity contribution is 5.71. The average molecular weight is 488 g/mol. The fraction of sp³-hybridized carbons (Fsp3) is 0.414. The van der Waals surface area contributed by atoms with Gasteiger partial charge < -0.3 is 11.1 Å². The molecule has 0 bridgehead atoms. The van der Waals surface area contributed by atoms with Gasteiger partial charge in [-0.1, -0.05) is 52.0 Å². The number of urea groups is 1. The van der Waals surface area contributed by atoms with Crippen LogP contribution in [0.5, 0.6) is 0 Å². The van der Waals surface area contributed by atoms with Gasteiger partial charge in [-0.25, -0.2) is 14.6 Å². The first-order valence-electron chi connectivity index (χ1n) is 12.7. The van der Waals surface area contributed by atoms with E-state index in [1.165, 1.54) is 16.7 Å². The van der Waals surface area contributed by atoms with Crippen LogP contribution in [0.15, 0.2) is 46.2 Å². The van der Waals surface area contributed by atoms with Crippen molar-refractivity contribution in [1.82, 2.24) is 14.5 Å². The fourth-order valence-corrected chi connectivity index (χ4v) is 4.97. The lowest BCUT2D eigenvalue weighted by Crippen LogP contribution is -2.44. The number of rotatable bonds is 6. The van der Waals surface area contributed by atoms with Gasteiger partial charge in [0.05, 0.1) is 11.4 Å². The van der Waals surface area contributed by atoms with Crippen LogP contribution in [0.25, 0.3) is 11.3 Å². The van der Waals surface area contributed by atoms with Gasteiger partial charge >= 0.3 is 11.7 Å². The number of nitrogens with zero attached hydrogens (tertiary/aromatic N) is 3. The second kappa shape index (κ2) is 10.2. The molecule has 0 aliphatic carbocycles. The maximum absolute atomic E-state index is 13.8. The van der Waals surface area contributed by atoms with E-state index in [1.54, 1.807) is 4.57 Å². The molecule has 1 aliphatic heterocycles. The zero-order valence-corrected chi connectivity index (χ0v) is 22.2. The number of hydrogen-bond donors (Lipinski definition) is 2. The summed E-state index contributed by atoms with van der Waals surface area (Å²) in [6, 6.07) is 12.1. The molecule has 0 fully saturated rings. The number of carbonyl (C=O) groups is 1. The first-order valence-corrected chi connectivity index (χ1v) is 12.7. The highest BCUT2D eigenvalue weighted by Crippen LogP contribution is 2.35. The molecule has 0 unspecified atom stereocenters. The number of nitrogens with one attached hydrogen (secondary N) is 1. The van der Waals surface area contributed by atoms with Crippen molar-refractivity contribution in [3.8, 4) is 11.3 Å². The number of primary amides is 1. The van der Waals surface area contributed by atoms with Gasteiger partial charge in [0.15, 0.2) is 0 Å². The summed E-state index contributed by atoms with van der Waals surface area (Å²) in [4.78, 5) is 30.3. The third-order valence-electron chi connectivity index (χ3n) is 7.10. The molecule has 0 saturated carbocycles. The SMILES string of the molecule is Cc1cc2c(cc1C)-c1cc(=Nc3c(C(C)C)cccc3C(C)C)n(CCNC(N)=O)c(=O)n1CC2. The molecular formula is C29H37N5O2. The van der Waals surface area contributed by atoms with Gasteiger partial charge in [-0.05, 0) is 66.0 Å². The van der Waals surface area contributed by atoms with Crippen LogP contribution in [-0.4, -0.2) is 21.7 Å². The van der Waals surface area contributed by atoms with Crippen molar-refractivity contribution < 1.29 is 4.79 Å². The zero-order chi connectivity index (χ0) is 26.1. The molecule has 190 valence electrons. The molecule has 1 aliphatic rings. The van der Waals surface area contributed by atoms with Gasteiger partial charge in [0, 0.05) is 31.3 Å². The highest BCUT2D eigenvalue weighted by Gasteiger charge is 2.21. The smallest absolute Gasteiger partial charge is 0.330 e. The molecule has 7 nitrogen and oxygen atoms in total. The number of benzene rings is 2. The predicted molar refractivity (Wildman–Crippen MR) is 145 cm³/mol. The molecule has 0 radical (unpaired) electrons. The normalized spacial score (nSPS) is 13.2. The maximum Gasteiger partial charge on any atom is 0.330 e. The summed E-state index contributed by atoms with van der Waals surface area (Å²) in [5, 5.41) is 2.61. The number of aryl methyl sites for hydroxylation is 3. The third kappa shape index (κ3) is 4.87. The second-order valence-electron chi connectivity index (χ2n) is 10.3. The van der Waals surface area contributed by atoms with E-state index in [0.29, 0.717) is 12.0 Å². The Labute approximate surface area is 212 Å². The zero-order valence-electron chi connectivity index (χ0n) is 22.2. The van der Waals surface area contributed by atoms with Crippen LogP contribution in [0.4, 0.5) is 10.5 Å². The number of nitrogens with two attached hydrogens (primary N) is 1. The van der Waals surface area contributed by atoms with E-state index in [2.05, 4.69) is 77.2 Å². The lowest BCUT2D eigenvalue weighted by molar-refractivity contribution is 0.248. The quantitative estimate of drug-likeness (QED) is 0.530. The number of fused-ring (bicyclic) bond motifs is 3. The van der Waals surface area contributed by atoms with Crippen LogP contribution >= 0.6 is 0 Å². The average Bonchev–Trinajstić information content (AvgIpc) is 2.81. The Morgan fingerprint density at radius 2 is 1.69 bits per heavy atom. The van der Waals surface area contributed by atoms with E-state index in [1.807, 2.05) is 10.6 Å². The summed E-state index contributed by atoms with van der Waals surface area (Å²) in [6.07, 6.45) is 0.799. The minimum Gasteiger partial charge on any atom is -0.352 e. The van der Waals surface area contributed by atoms with Gasteiger partial charge in [0.2, 0.25) is 0 Å². The Balaban J connectivity index is 2.03. The van der Waals surface area contributed by atoms with Crippen LogP contribution in [0.1, 0.15) is 67.3 Å². The second-order valence-corrected chi connectivity index (χ2v) is 10.3. The summed E-state index contributed by atoms with van der Waals surface area (Å²) in [5.74, 6) is 0.551. The van der Waals surface area contributed by atoms with Crippen LogP contribution in [-0.2, 0) is 19.5 Å². The Morgan fingerprint density at radius 3 is 2.31 bits per heavy atom. The van der Waals surface area contributed by atoms with E-state index in [0.717, 1.165) is 34.5 Å². The van der Waals surface area contributed by atoms with Crippen molar-refractivity contribution in [1.29, 1.82) is 0 Å². The molecule has 3 aromatic rings. The monoisotopic (exact) mass is 487 g/mol. The van der Waals surface area contributed by atoms with Gasteiger partial charge in [-0.15, -0.1) is 0 Å². The lowest BCUT2D eigenvalue weighted by Gasteiger charge is -2.24. The molecule has 4 rings (SSSR count). The summed E-state index contributed by atoms with van der Waals surface area (Å²) in [6.45, 7) is 14.0. The van der Waals surface area contributed by atoms with E-state index < -0.39 is 6.03 Å². The molecule has 2 heterocycles. The first kappa shape index (κ1) is 25.5. The van der Waals surface area contributed by atoms with Crippen LogP contribution in [0, 0.1) is 13.8 Å². The largest absolute Gasteiger partial charge is 0.352 e. The molecule has 2 aromatic carbocycles. The summed E-state index contributed by atoms with van der Waals surface area (Å²) < 4.78 is 3.49. The molecule has 0 saturated heterocycles. The number of carbonyl (C=O) groups excluding carboxylic acids is 1. The lowest BCUT2D eigenvalue weighted by atomic mass is 9.92. The van der Waals surface area contributed by atoms with Gasteiger partial charge in [-0.2, -0.15) is 0 Å². The molecule has 7 heteroatoms. The van der Waals surface area contributed by atoms with Crippen LogP contribution < -0.4 is 22.2 Å². The summed E-state index contributed by atoms with van der Waals surface area (Å²) in [7, 11) is 0. The van der Waals surface area contributed by atoms with E-state index >= 15 is 0 Å². The molecular weight excluding hydrogens is 450 g/mol. The van der Waals surface area contributed by atoms with Crippen molar-refractivity contribution in [3.63, 3.8) is 0 Å². The Bertz CT molecular complexity index is 1420. The first-order chi connectivity index (χ1) is 17.1. The highest BCUT2D eigenvalue weighted by atomic mass is 16.2. The Kier molecular flexibility index (Phi) is 7.20. The van der Waals surface area contributed by atoms with Crippen molar-refractivity contribution >= 4 is 11.7 Å². The van der Waals surface area contributed by atoms with Gasteiger partial charge in [0.1, 0.15) is 5.49 Å². The molecule has 36 heavy (non-hydrogen) atoms. The minimum absolute atomic E-state index is 0.130. The van der Waals surface area contributed by atoms with Crippen molar-refractivity contribution in [2.75, 3.05) is 6.54 Å². The fourth-order valence-electron chi connectivity index (χ4n) is 4.97. The molecule has 3 N–H and O–H groups in total. The van der Waals surface area contributed by atoms with E-state index in [9.17, 15) is 9.59 Å². The third-order valence-corrected chi connectivity index (χ3v) is 7.10. The summed E-state index contributed by atoms with van der Waals surface area (Å²) in [5.41, 5.74) is 14.6. The van der Waals surface area contributed by atoms with Crippen molar-refractivity contribution in [3.05, 3.63) is 80.2 Å². The summed E-state index contributed by atoms with van der Waals surface area (Å²) >= 11 is 0. The number of aromatic nitrogens is 2. The standard InChI is InChI=1S/C29H37N5O2/c1-17(2)22-8-7-9-23(18(3)4)27(22)32-26-16-25-24-15-20(6)19(5)14-21(24)10-12-33(25)29(36)34(26)13-11-31-28(30)35/h7-9,14-18H,10-13H2,1-6H3,(H3,30,31,35). The van der Waals surface area contributed by atoms with Crippen molar-refractivity contribution in [2.24, 2.45) is 10.7 Å². The number of amides is 2. The minimum atomic E-state index is -0.612. The van der Waals surface area contributed by atoms with E-state index in [-0.39, 0.29) is 30.6 Å². The molecule has 1 aromatic heterocycles. The molecule has 2 amide bonds. The van der Waals surface area contributed by atoms with Crippen LogP contribution in [0.2, 0.25) is 0 Å². The Hall–Kier alpha value is -3.61. The Morgan fingerprint density at radius 1 is 1.06 bits per heavy atom. The number of para-hydroxylation sites is 1. The van der Waals surface area contributed by atoms with Crippen molar-refractivity contribution in [2.45, 2.75) is 72.9 Å². The van der Waals surface area contributed by atoms with Crippen LogP contribution in [0.3, 0.4) is 0 Å². The van der Waals surface area contributed by atoms with Gasteiger partial charge in [-0.3, -0.25) is 9.13 Å².